The molecule has 10 nitrogen and oxygen atoms in total. The third-order valence-electron chi connectivity index (χ3n) is 7.64. The molecule has 1 aromatic heterocycles. The fourth-order valence-corrected chi connectivity index (χ4v) is 5.56. The Hall–Kier alpha value is -2.46. The van der Waals surface area contributed by atoms with Crippen molar-refractivity contribution in [3.8, 4) is 0 Å². The number of hydrazine groups is 1. The van der Waals surface area contributed by atoms with Crippen LogP contribution in [0.4, 0.5) is 16.3 Å². The molecule has 35 heavy (non-hydrogen) atoms. The van der Waals surface area contributed by atoms with Crippen LogP contribution < -0.4 is 16.5 Å². The summed E-state index contributed by atoms with van der Waals surface area (Å²) in [6.07, 6.45) is 8.40. The van der Waals surface area contributed by atoms with E-state index in [0.717, 1.165) is 56.2 Å². The van der Waals surface area contributed by atoms with E-state index in [2.05, 4.69) is 34.6 Å². The molecule has 4 rings (SSSR count). The number of morpholine rings is 1. The fraction of sp³-hybridized carbons (Fsp3) is 0.760. The number of hydrogen-bond acceptors (Lipinski definition) is 9. The van der Waals surface area contributed by atoms with Crippen molar-refractivity contribution in [1.82, 2.24) is 15.0 Å². The van der Waals surface area contributed by atoms with Crippen molar-refractivity contribution in [3.05, 3.63) is 11.5 Å². The van der Waals surface area contributed by atoms with Crippen LogP contribution in [0.2, 0.25) is 0 Å². The number of amides is 1. The summed E-state index contributed by atoms with van der Waals surface area (Å²) in [5.74, 6) is 2.55. The number of carbonyl (C=O) groups is 1. The molecule has 1 aromatic rings. The van der Waals surface area contributed by atoms with Crippen LogP contribution in [-0.2, 0) is 9.47 Å². The monoisotopic (exact) mass is 487 g/mol. The zero-order valence-corrected chi connectivity index (χ0v) is 21.1. The highest BCUT2D eigenvalue weighted by molar-refractivity contribution is 5.95. The molecular weight excluding hydrogens is 446 g/mol. The first-order chi connectivity index (χ1) is 16.9. The maximum absolute atomic E-state index is 11.3. The van der Waals surface area contributed by atoms with Crippen LogP contribution in [0.1, 0.15) is 82.7 Å². The largest absolute Gasteiger partial charge is 0.411 e. The zero-order chi connectivity index (χ0) is 24.8. The second-order valence-corrected chi connectivity index (χ2v) is 10.6. The molecule has 2 unspecified atom stereocenters. The van der Waals surface area contributed by atoms with Crippen molar-refractivity contribution in [1.29, 1.82) is 5.41 Å². The summed E-state index contributed by atoms with van der Waals surface area (Å²) in [5, 5.41) is 14.1. The Bertz CT molecular complexity index is 882. The van der Waals surface area contributed by atoms with Gasteiger partial charge in [0.2, 0.25) is 5.82 Å². The minimum atomic E-state index is -1.04. The van der Waals surface area contributed by atoms with Crippen LogP contribution in [0.5, 0.6) is 0 Å². The molecule has 10 heteroatoms. The summed E-state index contributed by atoms with van der Waals surface area (Å²) >= 11 is 0. The van der Waals surface area contributed by atoms with Gasteiger partial charge in [-0.15, -0.1) is 0 Å². The van der Waals surface area contributed by atoms with Gasteiger partial charge in [0.15, 0.2) is 5.82 Å². The number of aromatic nitrogens is 2. The molecule has 1 saturated heterocycles. The van der Waals surface area contributed by atoms with Gasteiger partial charge in [0.05, 0.1) is 18.9 Å². The lowest BCUT2D eigenvalue weighted by atomic mass is 9.80. The molecule has 1 aliphatic heterocycles. The number of carbonyl (C=O) groups excluding carboxylic acids is 1. The van der Waals surface area contributed by atoms with Gasteiger partial charge in [-0.05, 0) is 43.4 Å². The van der Waals surface area contributed by atoms with E-state index in [9.17, 15) is 4.79 Å². The van der Waals surface area contributed by atoms with Crippen LogP contribution in [0.15, 0.2) is 0 Å². The second-order valence-electron chi connectivity index (χ2n) is 10.6. The predicted octanol–water partition coefficient (Wildman–Crippen LogP) is 4.09. The summed E-state index contributed by atoms with van der Waals surface area (Å²) in [5.41, 5.74) is 10.4. The zero-order valence-electron chi connectivity index (χ0n) is 21.1. The molecular formula is C25H41N7O3. The van der Waals surface area contributed by atoms with Crippen molar-refractivity contribution in [3.63, 3.8) is 0 Å². The molecule has 0 aromatic carbocycles. The molecule has 5 N–H and O–H groups in total. The Balaban J connectivity index is 1.67. The van der Waals surface area contributed by atoms with E-state index in [1.807, 2.05) is 0 Å². The molecule has 2 heterocycles. The Morgan fingerprint density at radius 1 is 1.11 bits per heavy atom. The van der Waals surface area contributed by atoms with E-state index in [0.29, 0.717) is 30.9 Å². The van der Waals surface area contributed by atoms with Crippen LogP contribution >= 0.6 is 0 Å². The van der Waals surface area contributed by atoms with E-state index < -0.39 is 12.0 Å². The smallest absolute Gasteiger partial charge is 0.388 e. The first-order valence-electron chi connectivity index (χ1n) is 13.2. The third-order valence-corrected chi connectivity index (χ3v) is 7.64. The summed E-state index contributed by atoms with van der Waals surface area (Å²) in [6, 6.07) is 0. The first-order valence-corrected chi connectivity index (χ1v) is 13.2. The van der Waals surface area contributed by atoms with Gasteiger partial charge in [0, 0.05) is 25.6 Å². The maximum Gasteiger partial charge on any atom is 0.411 e. The number of rotatable bonds is 7. The van der Waals surface area contributed by atoms with Crippen molar-refractivity contribution in [2.24, 2.45) is 23.5 Å². The minimum absolute atomic E-state index is 0.0739. The van der Waals surface area contributed by atoms with E-state index in [4.69, 9.17) is 25.6 Å². The topological polar surface area (TPSA) is 138 Å². The third kappa shape index (κ3) is 7.04. The lowest BCUT2D eigenvalue weighted by Gasteiger charge is -2.32. The van der Waals surface area contributed by atoms with Gasteiger partial charge in [-0.2, -0.15) is 0 Å². The molecule has 0 bridgehead atoms. The number of nitrogens with one attached hydrogen (secondary N) is 3. The maximum atomic E-state index is 11.3. The van der Waals surface area contributed by atoms with Gasteiger partial charge in [-0.3, -0.25) is 5.41 Å². The van der Waals surface area contributed by atoms with Crippen molar-refractivity contribution in [2.75, 3.05) is 43.6 Å². The fourth-order valence-electron chi connectivity index (χ4n) is 5.56. The molecule has 2 atom stereocenters. The Kier molecular flexibility index (Phi) is 8.78. The normalized spacial score (nSPS) is 27.7. The molecule has 3 fully saturated rings. The number of ether oxygens (including phenoxy) is 2. The van der Waals surface area contributed by atoms with Gasteiger partial charge >= 0.3 is 6.09 Å². The highest BCUT2D eigenvalue weighted by Gasteiger charge is 2.29. The average molecular weight is 488 g/mol. The Morgan fingerprint density at radius 2 is 1.86 bits per heavy atom. The molecule has 3 aliphatic rings. The quantitative estimate of drug-likeness (QED) is 0.333. The van der Waals surface area contributed by atoms with Gasteiger partial charge in [0.25, 0.3) is 5.90 Å². The average Bonchev–Trinajstić information content (AvgIpc) is 2.84. The number of hydrogen-bond donors (Lipinski definition) is 4. The molecule has 0 spiro atoms. The van der Waals surface area contributed by atoms with Crippen LogP contribution in [-0.4, -0.2) is 59.8 Å². The first kappa shape index (κ1) is 25.6. The summed E-state index contributed by atoms with van der Waals surface area (Å²) in [7, 11) is 0. The molecule has 2 saturated carbocycles. The SMILES string of the molecule is CC1CCCC(c2nc(C(=N)OC(N)=O)nc(NN3CCOCC3)c2NC[C@H]2CC[C@H](C)CC2)C1. The van der Waals surface area contributed by atoms with Gasteiger partial charge in [-0.25, -0.2) is 19.8 Å². The number of nitrogens with two attached hydrogens (primary N) is 1. The summed E-state index contributed by atoms with van der Waals surface area (Å²) in [6.45, 7) is 8.23. The number of anilines is 2. The second kappa shape index (κ2) is 12.0. The van der Waals surface area contributed by atoms with Crippen molar-refractivity contribution < 1.29 is 14.3 Å². The lowest BCUT2D eigenvalue weighted by Crippen LogP contribution is -2.41. The molecule has 194 valence electrons. The summed E-state index contributed by atoms with van der Waals surface area (Å²) < 4.78 is 10.4. The van der Waals surface area contributed by atoms with Crippen LogP contribution in [0.25, 0.3) is 0 Å². The highest BCUT2D eigenvalue weighted by atomic mass is 16.6. The van der Waals surface area contributed by atoms with E-state index in [1.54, 1.807) is 0 Å². The summed E-state index contributed by atoms with van der Waals surface area (Å²) in [4.78, 5) is 20.8. The highest BCUT2D eigenvalue weighted by Crippen LogP contribution is 2.40. The molecule has 1 amide bonds. The van der Waals surface area contributed by atoms with Gasteiger partial charge in [0.1, 0.15) is 5.69 Å². The Labute approximate surface area is 208 Å². The van der Waals surface area contributed by atoms with E-state index in [1.165, 1.54) is 32.1 Å². The molecule has 2 aliphatic carbocycles. The van der Waals surface area contributed by atoms with Crippen molar-refractivity contribution >= 4 is 23.5 Å². The lowest BCUT2D eigenvalue weighted by molar-refractivity contribution is 0.0495. The van der Waals surface area contributed by atoms with Crippen LogP contribution in [0.3, 0.4) is 0 Å². The van der Waals surface area contributed by atoms with Gasteiger partial charge < -0.3 is 25.9 Å². The number of primary amides is 1. The van der Waals surface area contributed by atoms with E-state index in [-0.39, 0.29) is 11.7 Å². The number of nitrogens with zero attached hydrogens (tertiary/aromatic N) is 3. The Morgan fingerprint density at radius 3 is 2.54 bits per heavy atom. The standard InChI is InChI=1S/C25H41N7O3/c1-16-6-8-18(9-7-16)15-28-21-20(19-5-3-4-17(2)14-19)29-24(22(26)35-25(27)33)30-23(21)31-32-10-12-34-13-11-32/h16-19,26,28H,3-15H2,1-2H3,(H2,27,33)(H,29,30,31)/t16-,17?,18-,19?. The van der Waals surface area contributed by atoms with E-state index >= 15 is 0 Å². The van der Waals surface area contributed by atoms with Crippen LogP contribution in [0, 0.1) is 23.2 Å². The predicted molar refractivity (Wildman–Crippen MR) is 136 cm³/mol. The van der Waals surface area contributed by atoms with Gasteiger partial charge in [-0.1, -0.05) is 39.5 Å². The minimum Gasteiger partial charge on any atom is -0.388 e. The van der Waals surface area contributed by atoms with Crippen molar-refractivity contribution in [2.45, 2.75) is 71.1 Å². The molecule has 0 radical (unpaired) electrons.